The van der Waals surface area contributed by atoms with Gasteiger partial charge in [-0.25, -0.2) is 0 Å². The summed E-state index contributed by atoms with van der Waals surface area (Å²) in [4.78, 5) is 42.4. The second kappa shape index (κ2) is 7.99. The van der Waals surface area contributed by atoms with E-state index in [2.05, 4.69) is 10.3 Å². The molecule has 148 valence electrons. The summed E-state index contributed by atoms with van der Waals surface area (Å²) >= 11 is 0. The van der Waals surface area contributed by atoms with Crippen molar-refractivity contribution in [2.24, 2.45) is 5.92 Å². The van der Waals surface area contributed by atoms with E-state index in [9.17, 15) is 14.4 Å². The van der Waals surface area contributed by atoms with Gasteiger partial charge in [0, 0.05) is 36.8 Å². The van der Waals surface area contributed by atoms with Crippen molar-refractivity contribution >= 4 is 22.6 Å². The molecule has 0 radical (unpaired) electrons. The molecule has 2 heterocycles. The van der Waals surface area contributed by atoms with Crippen molar-refractivity contribution in [3.63, 3.8) is 0 Å². The quantitative estimate of drug-likeness (QED) is 0.657. The molecule has 0 saturated heterocycles. The monoisotopic (exact) mass is 389 g/mol. The lowest BCUT2D eigenvalue weighted by Gasteiger charge is -2.24. The van der Waals surface area contributed by atoms with Crippen LogP contribution in [0.2, 0.25) is 0 Å². The number of Topliss-reactive ketones (excluding diaryl/α,β-unsaturated/α-hetero) is 1. The van der Waals surface area contributed by atoms with E-state index in [-0.39, 0.29) is 17.9 Å². The van der Waals surface area contributed by atoms with Crippen LogP contribution in [0.5, 0.6) is 0 Å². The molecule has 3 aromatic rings. The molecule has 0 aliphatic heterocycles. The fraction of sp³-hybridized carbons (Fsp3) is 0.304. The lowest BCUT2D eigenvalue weighted by molar-refractivity contribution is 0.0935. The second-order valence-corrected chi connectivity index (χ2v) is 7.57. The van der Waals surface area contributed by atoms with Crippen molar-refractivity contribution in [3.05, 3.63) is 75.8 Å². The van der Waals surface area contributed by atoms with Crippen LogP contribution in [-0.4, -0.2) is 28.3 Å². The van der Waals surface area contributed by atoms with Crippen LogP contribution >= 0.6 is 0 Å². The number of para-hydroxylation sites is 1. The van der Waals surface area contributed by atoms with Gasteiger partial charge in [-0.05, 0) is 23.6 Å². The van der Waals surface area contributed by atoms with Gasteiger partial charge in [0.1, 0.15) is 5.56 Å². The van der Waals surface area contributed by atoms with Crippen molar-refractivity contribution in [3.8, 4) is 0 Å². The zero-order chi connectivity index (χ0) is 20.4. The summed E-state index contributed by atoms with van der Waals surface area (Å²) in [5.41, 5.74) is 1.63. The third-order valence-electron chi connectivity index (χ3n) is 5.64. The van der Waals surface area contributed by atoms with E-state index in [1.54, 1.807) is 12.4 Å². The highest BCUT2D eigenvalue weighted by Crippen LogP contribution is 2.30. The maximum absolute atomic E-state index is 12.9. The molecule has 6 heteroatoms. The van der Waals surface area contributed by atoms with Gasteiger partial charge < -0.3 is 9.88 Å². The number of ketones is 1. The molecule has 0 bridgehead atoms. The first kappa shape index (κ1) is 19.1. The number of nitrogens with zero attached hydrogens (tertiary/aromatic N) is 2. The summed E-state index contributed by atoms with van der Waals surface area (Å²) in [6, 6.07) is 11.0. The minimum absolute atomic E-state index is 0.0137. The first-order valence-corrected chi connectivity index (χ1v) is 9.89. The van der Waals surface area contributed by atoms with E-state index in [0.29, 0.717) is 17.9 Å². The van der Waals surface area contributed by atoms with E-state index >= 15 is 0 Å². The van der Waals surface area contributed by atoms with Gasteiger partial charge in [0.15, 0.2) is 5.78 Å². The van der Waals surface area contributed by atoms with Crippen LogP contribution in [0.15, 0.2) is 53.6 Å². The molecule has 0 spiro atoms. The third-order valence-corrected chi connectivity index (χ3v) is 5.64. The first-order chi connectivity index (χ1) is 14.1. The second-order valence-electron chi connectivity index (χ2n) is 7.57. The lowest BCUT2D eigenvalue weighted by atomic mass is 9.81. The van der Waals surface area contributed by atoms with E-state index in [1.807, 2.05) is 30.3 Å². The number of carbonyl (C=O) groups excluding carboxylic acids is 2. The van der Waals surface area contributed by atoms with E-state index < -0.39 is 11.5 Å². The Balaban J connectivity index is 1.76. The van der Waals surface area contributed by atoms with Crippen molar-refractivity contribution in [2.75, 3.05) is 7.05 Å². The van der Waals surface area contributed by atoms with Crippen molar-refractivity contribution < 1.29 is 9.59 Å². The largest absolute Gasteiger partial charge is 0.355 e. The predicted molar refractivity (Wildman–Crippen MR) is 111 cm³/mol. The lowest BCUT2D eigenvalue weighted by Crippen LogP contribution is -2.32. The van der Waals surface area contributed by atoms with Crippen LogP contribution in [0.1, 0.15) is 52.0 Å². The van der Waals surface area contributed by atoms with Gasteiger partial charge in [-0.1, -0.05) is 43.5 Å². The number of hydrogen-bond acceptors (Lipinski definition) is 4. The van der Waals surface area contributed by atoms with Crippen LogP contribution < -0.4 is 10.9 Å². The van der Waals surface area contributed by atoms with Gasteiger partial charge in [-0.2, -0.15) is 0 Å². The van der Waals surface area contributed by atoms with E-state index in [0.717, 1.165) is 35.7 Å². The van der Waals surface area contributed by atoms with Crippen molar-refractivity contribution in [1.29, 1.82) is 0 Å². The Kier molecular flexibility index (Phi) is 5.25. The highest BCUT2D eigenvalue weighted by molar-refractivity contribution is 6.00. The summed E-state index contributed by atoms with van der Waals surface area (Å²) < 4.78 is 1.45. The molecule has 1 amide bonds. The molecule has 0 unspecified atom stereocenters. The van der Waals surface area contributed by atoms with Crippen LogP contribution in [0.3, 0.4) is 0 Å². The average Bonchev–Trinajstić information content (AvgIpc) is 2.71. The molecule has 1 saturated carbocycles. The van der Waals surface area contributed by atoms with Crippen LogP contribution in [-0.2, 0) is 6.54 Å². The van der Waals surface area contributed by atoms with Crippen molar-refractivity contribution in [2.45, 2.75) is 32.2 Å². The molecule has 0 atom stereocenters. The topological polar surface area (TPSA) is 81.1 Å². The van der Waals surface area contributed by atoms with Gasteiger partial charge in [0.2, 0.25) is 0 Å². The molecular weight excluding hydrogens is 366 g/mol. The Labute approximate surface area is 168 Å². The molecule has 29 heavy (non-hydrogen) atoms. The van der Waals surface area contributed by atoms with Crippen LogP contribution in [0, 0.1) is 5.92 Å². The summed E-state index contributed by atoms with van der Waals surface area (Å²) in [6.07, 6.45) is 7.04. The molecule has 1 N–H and O–H groups in total. The molecule has 1 aliphatic rings. The zero-order valence-corrected chi connectivity index (χ0v) is 16.4. The van der Waals surface area contributed by atoms with Gasteiger partial charge in [0.25, 0.3) is 11.5 Å². The molecule has 2 aromatic heterocycles. The van der Waals surface area contributed by atoms with Crippen LogP contribution in [0.4, 0.5) is 0 Å². The van der Waals surface area contributed by atoms with Crippen molar-refractivity contribution in [1.82, 2.24) is 14.9 Å². The maximum Gasteiger partial charge on any atom is 0.263 e. The number of rotatable bonds is 6. The molecule has 4 rings (SSSR count). The third kappa shape index (κ3) is 3.83. The summed E-state index contributed by atoms with van der Waals surface area (Å²) in [7, 11) is 1.48. The highest BCUT2D eigenvalue weighted by Gasteiger charge is 2.23. The number of benzene rings is 1. The molecule has 1 fully saturated rings. The smallest absolute Gasteiger partial charge is 0.263 e. The highest BCUT2D eigenvalue weighted by atomic mass is 16.2. The standard InChI is InChI=1S/C23H23N3O3/c1-24-22(28)19-12-18(20(27)11-15-5-2-6-15)14-26(23(19)29)13-17-8-3-7-16-9-4-10-25-21(16)17/h3-4,7-10,12,14-15H,2,5-6,11,13H2,1H3,(H,24,28). The van der Waals surface area contributed by atoms with Gasteiger partial charge in [0.05, 0.1) is 12.1 Å². The normalized spacial score (nSPS) is 13.8. The van der Waals surface area contributed by atoms with Gasteiger partial charge in [-0.3, -0.25) is 19.4 Å². The Morgan fingerprint density at radius 1 is 1.21 bits per heavy atom. The zero-order valence-electron chi connectivity index (χ0n) is 16.4. The Morgan fingerprint density at radius 3 is 2.72 bits per heavy atom. The molecule has 1 aromatic carbocycles. The number of pyridine rings is 2. The van der Waals surface area contributed by atoms with Gasteiger partial charge in [-0.15, -0.1) is 0 Å². The summed E-state index contributed by atoms with van der Waals surface area (Å²) in [5.74, 6) is -0.101. The predicted octanol–water partition coefficient (Wildman–Crippen LogP) is 3.18. The molecule has 1 aliphatic carbocycles. The summed E-state index contributed by atoms with van der Waals surface area (Å²) in [5, 5.41) is 3.47. The minimum Gasteiger partial charge on any atom is -0.355 e. The van der Waals surface area contributed by atoms with Gasteiger partial charge >= 0.3 is 0 Å². The van der Waals surface area contributed by atoms with Crippen LogP contribution in [0.25, 0.3) is 10.9 Å². The Morgan fingerprint density at radius 2 is 2.00 bits per heavy atom. The number of fused-ring (bicyclic) bond motifs is 1. The number of amides is 1. The summed E-state index contributed by atoms with van der Waals surface area (Å²) in [6.45, 7) is 0.238. The minimum atomic E-state index is -0.488. The SMILES string of the molecule is CNC(=O)c1cc(C(=O)CC2CCC2)cn(Cc2cccc3cccnc23)c1=O. The van der Waals surface area contributed by atoms with E-state index in [4.69, 9.17) is 0 Å². The fourth-order valence-corrected chi connectivity index (χ4v) is 3.76. The average molecular weight is 389 g/mol. The number of hydrogen-bond donors (Lipinski definition) is 1. The molecular formula is C23H23N3O3. The fourth-order valence-electron chi connectivity index (χ4n) is 3.76. The first-order valence-electron chi connectivity index (χ1n) is 9.89. The molecule has 6 nitrogen and oxygen atoms in total. The maximum atomic E-state index is 12.9. The number of aromatic nitrogens is 2. The Bertz CT molecular complexity index is 1140. The number of nitrogens with one attached hydrogen (secondary N) is 1. The Hall–Kier alpha value is -3.28. The van der Waals surface area contributed by atoms with E-state index in [1.165, 1.54) is 17.7 Å². The number of carbonyl (C=O) groups is 2.